The second-order valence-corrected chi connectivity index (χ2v) is 4.15. The van der Waals surface area contributed by atoms with Crippen LogP contribution in [0, 0.1) is 0 Å². The molecular formula is C14H18N2. The van der Waals surface area contributed by atoms with Crippen molar-refractivity contribution >= 4 is 5.84 Å². The molecule has 2 aliphatic carbocycles. The number of rotatable bonds is 2. The largest absolute Gasteiger partial charge is 0.384 e. The van der Waals surface area contributed by atoms with Crippen molar-refractivity contribution in [2.45, 2.75) is 25.7 Å². The highest BCUT2D eigenvalue weighted by Crippen LogP contribution is 2.28. The average Bonchev–Trinajstić information content (AvgIpc) is 2.39. The second kappa shape index (κ2) is 4.97. The first-order valence-electron chi connectivity index (χ1n) is 5.79. The number of aliphatic imine (C=N–C) groups is 1. The van der Waals surface area contributed by atoms with Crippen molar-refractivity contribution in [1.82, 2.24) is 0 Å². The summed E-state index contributed by atoms with van der Waals surface area (Å²) in [6, 6.07) is 0. The van der Waals surface area contributed by atoms with Crippen molar-refractivity contribution in [1.29, 1.82) is 0 Å². The van der Waals surface area contributed by atoms with Crippen LogP contribution in [-0.2, 0) is 0 Å². The van der Waals surface area contributed by atoms with Gasteiger partial charge in [-0.25, -0.2) is 0 Å². The van der Waals surface area contributed by atoms with Gasteiger partial charge in [-0.05, 0) is 42.4 Å². The molecule has 0 fully saturated rings. The quantitative estimate of drug-likeness (QED) is 0.557. The zero-order chi connectivity index (χ0) is 11.4. The molecule has 0 aromatic carbocycles. The minimum absolute atomic E-state index is 0.674. The van der Waals surface area contributed by atoms with Gasteiger partial charge in [-0.3, -0.25) is 4.99 Å². The summed E-state index contributed by atoms with van der Waals surface area (Å²) in [6.07, 6.45) is 15.3. The van der Waals surface area contributed by atoms with E-state index in [1.165, 1.54) is 23.1 Å². The van der Waals surface area contributed by atoms with Gasteiger partial charge in [0.2, 0.25) is 0 Å². The summed E-state index contributed by atoms with van der Waals surface area (Å²) in [7, 11) is 1.74. The Kier molecular flexibility index (Phi) is 3.40. The van der Waals surface area contributed by atoms with Crippen molar-refractivity contribution in [2.24, 2.45) is 10.7 Å². The fraction of sp³-hybridized carbons (Fsp3) is 0.357. The van der Waals surface area contributed by atoms with Gasteiger partial charge in [-0.1, -0.05) is 30.4 Å². The molecule has 2 aliphatic rings. The van der Waals surface area contributed by atoms with Crippen LogP contribution in [0.15, 0.2) is 52.1 Å². The van der Waals surface area contributed by atoms with E-state index in [0.717, 1.165) is 19.3 Å². The first kappa shape index (κ1) is 10.9. The Morgan fingerprint density at radius 3 is 2.50 bits per heavy atom. The molecule has 2 nitrogen and oxygen atoms in total. The van der Waals surface area contributed by atoms with E-state index in [4.69, 9.17) is 5.73 Å². The van der Waals surface area contributed by atoms with Gasteiger partial charge in [0.1, 0.15) is 5.84 Å². The summed E-state index contributed by atoms with van der Waals surface area (Å²) in [6.45, 7) is 0. The lowest BCUT2D eigenvalue weighted by molar-refractivity contribution is 0.885. The van der Waals surface area contributed by atoms with E-state index in [0.29, 0.717) is 5.84 Å². The maximum atomic E-state index is 5.80. The second-order valence-electron chi connectivity index (χ2n) is 4.15. The molecule has 16 heavy (non-hydrogen) atoms. The SMILES string of the molecule is CN=C(N)C1=CC=C(C2=CC=CCC2)CC1. The Labute approximate surface area is 96.9 Å². The summed E-state index contributed by atoms with van der Waals surface area (Å²) in [5, 5.41) is 0. The van der Waals surface area contributed by atoms with E-state index in [1.54, 1.807) is 7.05 Å². The Morgan fingerprint density at radius 2 is 1.94 bits per heavy atom. The molecule has 2 N–H and O–H groups in total. The fourth-order valence-electron chi connectivity index (χ4n) is 2.13. The Hall–Kier alpha value is -1.57. The third kappa shape index (κ3) is 2.32. The third-order valence-electron chi connectivity index (χ3n) is 3.15. The van der Waals surface area contributed by atoms with E-state index in [-0.39, 0.29) is 0 Å². The molecule has 2 rings (SSSR count). The predicted octanol–water partition coefficient (Wildman–Crippen LogP) is 2.90. The van der Waals surface area contributed by atoms with Crippen LogP contribution in [0.2, 0.25) is 0 Å². The van der Waals surface area contributed by atoms with Crippen molar-refractivity contribution in [3.05, 3.63) is 47.1 Å². The smallest absolute Gasteiger partial charge is 0.121 e. The molecule has 2 heteroatoms. The molecule has 0 aromatic heterocycles. The molecule has 0 saturated heterocycles. The number of nitrogens with two attached hydrogens (primary N) is 1. The van der Waals surface area contributed by atoms with Gasteiger partial charge in [0.15, 0.2) is 0 Å². The zero-order valence-corrected chi connectivity index (χ0v) is 9.74. The van der Waals surface area contributed by atoms with Crippen molar-refractivity contribution in [2.75, 3.05) is 7.05 Å². The number of hydrogen-bond acceptors (Lipinski definition) is 1. The maximum absolute atomic E-state index is 5.80. The number of amidine groups is 1. The highest BCUT2D eigenvalue weighted by molar-refractivity contribution is 5.97. The van der Waals surface area contributed by atoms with E-state index in [1.807, 2.05) is 0 Å². The number of allylic oxidation sites excluding steroid dienone is 7. The molecule has 0 bridgehead atoms. The predicted molar refractivity (Wildman–Crippen MR) is 69.4 cm³/mol. The Morgan fingerprint density at radius 1 is 1.12 bits per heavy atom. The number of nitrogens with zero attached hydrogens (tertiary/aromatic N) is 1. The van der Waals surface area contributed by atoms with Crippen LogP contribution in [0.25, 0.3) is 0 Å². The molecule has 0 spiro atoms. The lowest BCUT2D eigenvalue weighted by Gasteiger charge is -2.17. The maximum Gasteiger partial charge on any atom is 0.121 e. The molecule has 0 amide bonds. The first-order valence-corrected chi connectivity index (χ1v) is 5.79. The van der Waals surface area contributed by atoms with Gasteiger partial charge in [-0.2, -0.15) is 0 Å². The van der Waals surface area contributed by atoms with E-state index >= 15 is 0 Å². The molecule has 0 atom stereocenters. The van der Waals surface area contributed by atoms with Crippen LogP contribution in [0.4, 0.5) is 0 Å². The van der Waals surface area contributed by atoms with Crippen LogP contribution in [0.5, 0.6) is 0 Å². The molecule has 0 aromatic rings. The summed E-state index contributed by atoms with van der Waals surface area (Å²) < 4.78 is 0. The van der Waals surface area contributed by atoms with Crippen LogP contribution in [0.3, 0.4) is 0 Å². The molecule has 84 valence electrons. The van der Waals surface area contributed by atoms with Crippen LogP contribution >= 0.6 is 0 Å². The molecule has 0 heterocycles. The molecular weight excluding hydrogens is 196 g/mol. The van der Waals surface area contributed by atoms with E-state index in [9.17, 15) is 0 Å². The molecule has 0 unspecified atom stereocenters. The normalized spacial score (nSPS) is 21.3. The highest BCUT2D eigenvalue weighted by atomic mass is 14.8. The van der Waals surface area contributed by atoms with Gasteiger partial charge in [-0.15, -0.1) is 0 Å². The Bertz CT molecular complexity index is 420. The summed E-state index contributed by atoms with van der Waals surface area (Å²) in [5.74, 6) is 0.674. The molecule has 0 saturated carbocycles. The lowest BCUT2D eigenvalue weighted by Crippen LogP contribution is -2.16. The number of hydrogen-bond donors (Lipinski definition) is 1. The Balaban J connectivity index is 2.16. The van der Waals surface area contributed by atoms with Crippen molar-refractivity contribution in [3.8, 4) is 0 Å². The van der Waals surface area contributed by atoms with Crippen LogP contribution < -0.4 is 5.73 Å². The topological polar surface area (TPSA) is 38.4 Å². The van der Waals surface area contributed by atoms with Gasteiger partial charge in [0.25, 0.3) is 0 Å². The van der Waals surface area contributed by atoms with Crippen LogP contribution in [0.1, 0.15) is 25.7 Å². The van der Waals surface area contributed by atoms with Gasteiger partial charge < -0.3 is 5.73 Å². The minimum atomic E-state index is 0.674. The van der Waals surface area contributed by atoms with Crippen molar-refractivity contribution < 1.29 is 0 Å². The average molecular weight is 214 g/mol. The summed E-state index contributed by atoms with van der Waals surface area (Å²) in [5.41, 5.74) is 9.90. The van der Waals surface area contributed by atoms with Gasteiger partial charge in [0.05, 0.1) is 0 Å². The van der Waals surface area contributed by atoms with E-state index in [2.05, 4.69) is 35.4 Å². The summed E-state index contributed by atoms with van der Waals surface area (Å²) >= 11 is 0. The lowest BCUT2D eigenvalue weighted by atomic mass is 9.89. The highest BCUT2D eigenvalue weighted by Gasteiger charge is 2.12. The zero-order valence-electron chi connectivity index (χ0n) is 9.74. The standard InChI is InChI=1S/C14H18N2/c1-16-14(15)13-9-7-12(8-10-13)11-5-3-2-4-6-11/h2-3,5,7,9H,4,6,8,10H2,1H3,(H2,15,16). The van der Waals surface area contributed by atoms with Crippen LogP contribution in [-0.4, -0.2) is 12.9 Å². The van der Waals surface area contributed by atoms with Gasteiger partial charge >= 0.3 is 0 Å². The summed E-state index contributed by atoms with van der Waals surface area (Å²) in [4.78, 5) is 4.02. The molecule has 0 radical (unpaired) electrons. The minimum Gasteiger partial charge on any atom is -0.384 e. The third-order valence-corrected chi connectivity index (χ3v) is 3.15. The van der Waals surface area contributed by atoms with Crippen molar-refractivity contribution in [3.63, 3.8) is 0 Å². The first-order chi connectivity index (χ1) is 7.81. The van der Waals surface area contributed by atoms with Gasteiger partial charge in [0, 0.05) is 7.05 Å². The fourth-order valence-corrected chi connectivity index (χ4v) is 2.13. The molecule has 0 aliphatic heterocycles. The monoisotopic (exact) mass is 214 g/mol. The van der Waals surface area contributed by atoms with E-state index < -0.39 is 0 Å².